The first kappa shape index (κ1) is 14.8. The van der Waals surface area contributed by atoms with E-state index in [9.17, 15) is 9.59 Å². The molecule has 0 bridgehead atoms. The number of aromatic nitrogens is 4. The second kappa shape index (κ2) is 5.56. The number of fused-ring (bicyclic) bond motifs is 1. The summed E-state index contributed by atoms with van der Waals surface area (Å²) in [6.07, 6.45) is 3.36. The third-order valence-corrected chi connectivity index (χ3v) is 3.60. The molecule has 8 heteroatoms. The summed E-state index contributed by atoms with van der Waals surface area (Å²) in [5, 5.41) is 11.0. The molecule has 8 nitrogen and oxygen atoms in total. The van der Waals surface area contributed by atoms with Gasteiger partial charge in [-0.05, 0) is 25.1 Å². The SMILES string of the molecule is CC(NC(=O)c1cc(C(N)=O)cn1C)c1nnc2ccccn12. The summed E-state index contributed by atoms with van der Waals surface area (Å²) in [5.74, 6) is -0.269. The van der Waals surface area contributed by atoms with Gasteiger partial charge >= 0.3 is 0 Å². The molecule has 2 amide bonds. The molecule has 0 aliphatic heterocycles. The predicted molar refractivity (Wildman–Crippen MR) is 82.8 cm³/mol. The molecule has 0 aromatic carbocycles. The van der Waals surface area contributed by atoms with Crippen LogP contribution in [0, 0.1) is 0 Å². The van der Waals surface area contributed by atoms with E-state index < -0.39 is 5.91 Å². The molecule has 3 aromatic rings. The van der Waals surface area contributed by atoms with Crippen LogP contribution in [-0.2, 0) is 7.05 Å². The number of aryl methyl sites for hydroxylation is 1. The lowest BCUT2D eigenvalue weighted by Gasteiger charge is -2.12. The number of nitrogens with two attached hydrogens (primary N) is 1. The lowest BCUT2D eigenvalue weighted by molar-refractivity contribution is 0.0929. The summed E-state index contributed by atoms with van der Waals surface area (Å²) in [5.41, 5.74) is 6.57. The molecule has 0 spiro atoms. The summed E-state index contributed by atoms with van der Waals surface area (Å²) < 4.78 is 3.37. The molecule has 0 aliphatic rings. The molecule has 23 heavy (non-hydrogen) atoms. The molecule has 0 aliphatic carbocycles. The molecule has 118 valence electrons. The van der Waals surface area contributed by atoms with Crippen molar-refractivity contribution in [2.75, 3.05) is 0 Å². The van der Waals surface area contributed by atoms with Gasteiger partial charge in [-0.2, -0.15) is 0 Å². The molecular weight excluding hydrogens is 296 g/mol. The van der Waals surface area contributed by atoms with E-state index >= 15 is 0 Å². The highest BCUT2D eigenvalue weighted by molar-refractivity contribution is 5.98. The molecule has 0 saturated carbocycles. The maximum Gasteiger partial charge on any atom is 0.268 e. The first-order valence-corrected chi connectivity index (χ1v) is 7.04. The van der Waals surface area contributed by atoms with Crippen LogP contribution in [0.15, 0.2) is 36.7 Å². The monoisotopic (exact) mass is 312 g/mol. The van der Waals surface area contributed by atoms with E-state index in [4.69, 9.17) is 5.73 Å². The van der Waals surface area contributed by atoms with E-state index in [2.05, 4.69) is 15.5 Å². The molecule has 3 N–H and O–H groups in total. The average molecular weight is 312 g/mol. The van der Waals surface area contributed by atoms with Crippen LogP contribution in [0.25, 0.3) is 5.65 Å². The zero-order chi connectivity index (χ0) is 16.6. The minimum Gasteiger partial charge on any atom is -0.366 e. The summed E-state index contributed by atoms with van der Waals surface area (Å²) in [4.78, 5) is 23.6. The highest BCUT2D eigenvalue weighted by Crippen LogP contribution is 2.13. The Morgan fingerprint density at radius 3 is 2.78 bits per heavy atom. The van der Waals surface area contributed by atoms with Crippen molar-refractivity contribution in [2.45, 2.75) is 13.0 Å². The van der Waals surface area contributed by atoms with E-state index in [-0.39, 0.29) is 11.9 Å². The molecular formula is C15H16N6O2. The lowest BCUT2D eigenvalue weighted by atomic mass is 10.2. The number of hydrogen-bond acceptors (Lipinski definition) is 4. The van der Waals surface area contributed by atoms with Crippen LogP contribution in [-0.4, -0.2) is 31.0 Å². The van der Waals surface area contributed by atoms with Crippen molar-refractivity contribution in [3.63, 3.8) is 0 Å². The second-order valence-electron chi connectivity index (χ2n) is 5.27. The van der Waals surface area contributed by atoms with Gasteiger partial charge in [-0.3, -0.25) is 14.0 Å². The number of carbonyl (C=O) groups excluding carboxylic acids is 2. The van der Waals surface area contributed by atoms with Crippen molar-refractivity contribution >= 4 is 17.5 Å². The number of amides is 2. The van der Waals surface area contributed by atoms with Gasteiger partial charge in [0, 0.05) is 19.4 Å². The smallest absolute Gasteiger partial charge is 0.268 e. The Morgan fingerprint density at radius 2 is 2.09 bits per heavy atom. The molecule has 3 rings (SSSR count). The summed E-state index contributed by atoms with van der Waals surface area (Å²) in [7, 11) is 1.68. The van der Waals surface area contributed by atoms with Gasteiger partial charge in [-0.25, -0.2) is 0 Å². The van der Waals surface area contributed by atoms with E-state index in [1.54, 1.807) is 11.6 Å². The van der Waals surface area contributed by atoms with Crippen LogP contribution in [0.1, 0.15) is 39.6 Å². The normalized spacial score (nSPS) is 12.3. The van der Waals surface area contributed by atoms with E-state index in [0.29, 0.717) is 22.7 Å². The van der Waals surface area contributed by atoms with Gasteiger partial charge in [0.2, 0.25) is 5.91 Å². The maximum absolute atomic E-state index is 12.4. The number of rotatable bonds is 4. The molecule has 0 fully saturated rings. The molecule has 0 saturated heterocycles. The van der Waals surface area contributed by atoms with Crippen molar-refractivity contribution in [3.05, 3.63) is 53.7 Å². The average Bonchev–Trinajstić information content (AvgIpc) is 3.10. The highest BCUT2D eigenvalue weighted by Gasteiger charge is 2.19. The quantitative estimate of drug-likeness (QED) is 0.737. The van der Waals surface area contributed by atoms with Gasteiger partial charge in [-0.1, -0.05) is 6.07 Å². The van der Waals surface area contributed by atoms with Crippen LogP contribution >= 0.6 is 0 Å². The van der Waals surface area contributed by atoms with Gasteiger partial charge in [-0.15, -0.1) is 10.2 Å². The lowest BCUT2D eigenvalue weighted by Crippen LogP contribution is -2.29. The topological polar surface area (TPSA) is 107 Å². The van der Waals surface area contributed by atoms with E-state index in [1.807, 2.05) is 35.7 Å². The van der Waals surface area contributed by atoms with Crippen LogP contribution < -0.4 is 11.1 Å². The van der Waals surface area contributed by atoms with Crippen molar-refractivity contribution < 1.29 is 9.59 Å². The Morgan fingerprint density at radius 1 is 1.30 bits per heavy atom. The zero-order valence-electron chi connectivity index (χ0n) is 12.7. The third-order valence-electron chi connectivity index (χ3n) is 3.60. The van der Waals surface area contributed by atoms with Crippen LogP contribution in [0.2, 0.25) is 0 Å². The van der Waals surface area contributed by atoms with Crippen molar-refractivity contribution in [3.8, 4) is 0 Å². The van der Waals surface area contributed by atoms with E-state index in [1.165, 1.54) is 12.3 Å². The zero-order valence-corrected chi connectivity index (χ0v) is 12.7. The number of carbonyl (C=O) groups is 2. The fourth-order valence-corrected chi connectivity index (χ4v) is 2.42. The maximum atomic E-state index is 12.4. The second-order valence-corrected chi connectivity index (χ2v) is 5.27. The minimum atomic E-state index is -0.573. The largest absolute Gasteiger partial charge is 0.366 e. The number of pyridine rings is 1. The number of nitrogens with zero attached hydrogens (tertiary/aromatic N) is 4. The number of primary amides is 1. The minimum absolute atomic E-state index is 0.290. The Bertz CT molecular complexity index is 894. The molecule has 3 aromatic heterocycles. The predicted octanol–water partition coefficient (Wildman–Crippen LogP) is 0.658. The number of hydrogen-bond donors (Lipinski definition) is 2. The van der Waals surface area contributed by atoms with Crippen molar-refractivity contribution in [1.82, 2.24) is 24.5 Å². The van der Waals surface area contributed by atoms with Crippen LogP contribution in [0.4, 0.5) is 0 Å². The van der Waals surface area contributed by atoms with Crippen molar-refractivity contribution in [2.24, 2.45) is 12.8 Å². The first-order valence-electron chi connectivity index (χ1n) is 7.04. The first-order chi connectivity index (χ1) is 11.0. The third kappa shape index (κ3) is 2.66. The van der Waals surface area contributed by atoms with Gasteiger partial charge in [0.05, 0.1) is 11.6 Å². The Labute approximate surface area is 131 Å². The van der Waals surface area contributed by atoms with Crippen molar-refractivity contribution in [1.29, 1.82) is 0 Å². The fourth-order valence-electron chi connectivity index (χ4n) is 2.42. The highest BCUT2D eigenvalue weighted by atomic mass is 16.2. The van der Waals surface area contributed by atoms with Crippen LogP contribution in [0.3, 0.4) is 0 Å². The molecule has 1 unspecified atom stereocenters. The fraction of sp³-hybridized carbons (Fsp3) is 0.200. The van der Waals surface area contributed by atoms with Gasteiger partial charge in [0.15, 0.2) is 11.5 Å². The van der Waals surface area contributed by atoms with Gasteiger partial charge in [0.25, 0.3) is 5.91 Å². The molecule has 3 heterocycles. The summed E-state index contributed by atoms with van der Waals surface area (Å²) in [6.45, 7) is 1.82. The Kier molecular flexibility index (Phi) is 3.57. The number of nitrogens with one attached hydrogen (secondary N) is 1. The Balaban J connectivity index is 1.84. The standard InChI is InChI=1S/C15H16N6O2/c1-9(14-19-18-12-5-3-4-6-21(12)14)17-15(23)11-7-10(13(16)22)8-20(11)2/h3-9H,1-2H3,(H2,16,22)(H,17,23). The van der Waals surface area contributed by atoms with Gasteiger partial charge < -0.3 is 15.6 Å². The summed E-state index contributed by atoms with van der Waals surface area (Å²) in [6, 6.07) is 6.68. The van der Waals surface area contributed by atoms with Crippen LogP contribution in [0.5, 0.6) is 0 Å². The van der Waals surface area contributed by atoms with Gasteiger partial charge in [0.1, 0.15) is 5.69 Å². The van der Waals surface area contributed by atoms with E-state index in [0.717, 1.165) is 0 Å². The Hall–Kier alpha value is -3.16. The molecule has 1 atom stereocenters. The molecule has 0 radical (unpaired) electrons. The summed E-state index contributed by atoms with van der Waals surface area (Å²) >= 11 is 0.